The summed E-state index contributed by atoms with van der Waals surface area (Å²) in [6, 6.07) is 0. The first kappa shape index (κ1) is 8.60. The average molecular weight is 129 g/mol. The number of nitrogens with zero attached hydrogens (tertiary/aromatic N) is 1. The van der Waals surface area contributed by atoms with Gasteiger partial charge in [-0.05, 0) is 12.3 Å². The fourth-order valence-electron chi connectivity index (χ4n) is 0.729. The molecule has 0 fully saturated rings. The third-order valence-corrected chi connectivity index (χ3v) is 1.28. The molecule has 0 aromatic heterocycles. The van der Waals surface area contributed by atoms with E-state index in [1.807, 2.05) is 0 Å². The average Bonchev–Trinajstić information content (AvgIpc) is 1.80. The van der Waals surface area contributed by atoms with E-state index in [1.54, 1.807) is 0 Å². The van der Waals surface area contributed by atoms with Crippen LogP contribution in [0.4, 0.5) is 0 Å². The van der Waals surface area contributed by atoms with Gasteiger partial charge in [0.25, 0.3) is 0 Å². The van der Waals surface area contributed by atoms with E-state index in [9.17, 15) is 4.91 Å². The molecule has 9 heavy (non-hydrogen) atoms. The second kappa shape index (κ2) is 5.73. The maximum atomic E-state index is 9.60. The molecule has 0 aliphatic carbocycles. The van der Waals surface area contributed by atoms with Gasteiger partial charge in [0, 0.05) is 0 Å². The molecule has 0 heterocycles. The second-order valence-electron chi connectivity index (χ2n) is 2.74. The number of hydrogen-bond donors (Lipinski definition) is 0. The highest BCUT2D eigenvalue weighted by molar-refractivity contribution is 4.48. The number of rotatable bonds is 5. The summed E-state index contributed by atoms with van der Waals surface area (Å²) in [5.74, 6) is 0.761. The van der Waals surface area contributed by atoms with Crippen LogP contribution in [0.3, 0.4) is 0 Å². The molecule has 0 aromatic carbocycles. The van der Waals surface area contributed by atoms with Crippen LogP contribution in [0.5, 0.6) is 0 Å². The first-order valence-corrected chi connectivity index (χ1v) is 3.56. The summed E-state index contributed by atoms with van der Waals surface area (Å²) < 4.78 is 0. The van der Waals surface area contributed by atoms with Crippen molar-refractivity contribution in [3.63, 3.8) is 0 Å². The minimum absolute atomic E-state index is 0.493. The molecule has 0 radical (unpaired) electrons. The molecule has 0 aliphatic rings. The van der Waals surface area contributed by atoms with E-state index < -0.39 is 0 Å². The predicted molar refractivity (Wildman–Crippen MR) is 39.4 cm³/mol. The fraction of sp³-hybridized carbons (Fsp3) is 1.00. The van der Waals surface area contributed by atoms with Gasteiger partial charge in [-0.2, -0.15) is 4.91 Å². The standard InChI is InChI=1S/C7H15NO/c1-7(2)5-3-4-6-8-9/h7H,3-6H2,1-2H3. The van der Waals surface area contributed by atoms with E-state index in [0.29, 0.717) is 6.54 Å². The van der Waals surface area contributed by atoms with Crippen molar-refractivity contribution >= 4 is 0 Å². The Kier molecular flexibility index (Phi) is 5.48. The lowest BCUT2D eigenvalue weighted by Crippen LogP contribution is -1.87. The molecule has 0 aromatic rings. The Morgan fingerprint density at radius 2 is 2.00 bits per heavy atom. The topological polar surface area (TPSA) is 29.4 Å². The third-order valence-electron chi connectivity index (χ3n) is 1.28. The Bertz CT molecular complexity index is 71.3. The molecule has 0 aliphatic heterocycles. The third kappa shape index (κ3) is 7.60. The van der Waals surface area contributed by atoms with Crippen molar-refractivity contribution < 1.29 is 0 Å². The van der Waals surface area contributed by atoms with Crippen molar-refractivity contribution in [3.8, 4) is 0 Å². The van der Waals surface area contributed by atoms with E-state index >= 15 is 0 Å². The molecule has 0 bridgehead atoms. The van der Waals surface area contributed by atoms with Crippen LogP contribution in [-0.2, 0) is 0 Å². The van der Waals surface area contributed by atoms with Crippen molar-refractivity contribution in [1.29, 1.82) is 0 Å². The van der Waals surface area contributed by atoms with Crippen LogP contribution >= 0.6 is 0 Å². The minimum Gasteiger partial charge on any atom is -0.151 e. The molecule has 0 saturated carbocycles. The molecule has 0 N–H and O–H groups in total. The van der Waals surface area contributed by atoms with Gasteiger partial charge in [-0.15, -0.1) is 0 Å². The van der Waals surface area contributed by atoms with Gasteiger partial charge in [-0.3, -0.25) is 0 Å². The molecule has 2 nitrogen and oxygen atoms in total. The van der Waals surface area contributed by atoms with E-state index in [2.05, 4.69) is 19.0 Å². The van der Waals surface area contributed by atoms with Gasteiger partial charge in [0.2, 0.25) is 0 Å². The molecule has 0 unspecified atom stereocenters. The van der Waals surface area contributed by atoms with Crippen molar-refractivity contribution in [2.45, 2.75) is 33.1 Å². The van der Waals surface area contributed by atoms with Gasteiger partial charge < -0.3 is 0 Å². The molecule has 0 atom stereocenters. The van der Waals surface area contributed by atoms with Crippen molar-refractivity contribution in [1.82, 2.24) is 0 Å². The lowest BCUT2D eigenvalue weighted by molar-refractivity contribution is 0.541. The van der Waals surface area contributed by atoms with Gasteiger partial charge in [0.1, 0.15) is 0 Å². The maximum Gasteiger partial charge on any atom is 0.0811 e. The van der Waals surface area contributed by atoms with Gasteiger partial charge >= 0.3 is 0 Å². The van der Waals surface area contributed by atoms with Crippen LogP contribution in [0.25, 0.3) is 0 Å². The maximum absolute atomic E-state index is 9.60. The Hall–Kier alpha value is -0.400. The summed E-state index contributed by atoms with van der Waals surface area (Å²) in [7, 11) is 0. The van der Waals surface area contributed by atoms with E-state index in [0.717, 1.165) is 18.8 Å². The SMILES string of the molecule is CC(C)CCCCN=O. The normalized spacial score (nSPS) is 10.1. The van der Waals surface area contributed by atoms with Crippen LogP contribution in [0.1, 0.15) is 33.1 Å². The molecule has 2 heteroatoms. The Balaban J connectivity index is 2.82. The lowest BCUT2D eigenvalue weighted by atomic mass is 10.1. The minimum atomic E-state index is 0.493. The molecular formula is C7H15NO. The summed E-state index contributed by atoms with van der Waals surface area (Å²) in [6.45, 7) is 4.87. The van der Waals surface area contributed by atoms with E-state index in [-0.39, 0.29) is 0 Å². The number of nitroso groups, excluding NO2 is 1. The molecular weight excluding hydrogens is 114 g/mol. The molecule has 0 saturated heterocycles. The Morgan fingerprint density at radius 1 is 1.33 bits per heavy atom. The first-order chi connectivity index (χ1) is 4.27. The van der Waals surface area contributed by atoms with Gasteiger partial charge in [-0.1, -0.05) is 31.9 Å². The highest BCUT2D eigenvalue weighted by atomic mass is 16.3. The molecule has 0 amide bonds. The van der Waals surface area contributed by atoms with Gasteiger partial charge in [0.15, 0.2) is 0 Å². The second-order valence-corrected chi connectivity index (χ2v) is 2.74. The Labute approximate surface area is 56.6 Å². The predicted octanol–water partition coefficient (Wildman–Crippen LogP) is 2.58. The molecule has 0 rings (SSSR count). The summed E-state index contributed by atoms with van der Waals surface area (Å²) in [4.78, 5) is 9.60. The van der Waals surface area contributed by atoms with Gasteiger partial charge in [0.05, 0.1) is 6.54 Å². The zero-order valence-electron chi connectivity index (χ0n) is 6.26. The van der Waals surface area contributed by atoms with Crippen LogP contribution in [0.15, 0.2) is 5.18 Å². The van der Waals surface area contributed by atoms with Gasteiger partial charge in [-0.25, -0.2) is 0 Å². The van der Waals surface area contributed by atoms with Crippen LogP contribution in [-0.4, -0.2) is 6.54 Å². The Morgan fingerprint density at radius 3 is 2.44 bits per heavy atom. The van der Waals surface area contributed by atoms with Crippen molar-refractivity contribution in [2.75, 3.05) is 6.54 Å². The summed E-state index contributed by atoms with van der Waals surface area (Å²) in [5, 5.41) is 2.78. The smallest absolute Gasteiger partial charge is 0.0811 e. The summed E-state index contributed by atoms with van der Waals surface area (Å²) >= 11 is 0. The zero-order chi connectivity index (χ0) is 7.11. The zero-order valence-corrected chi connectivity index (χ0v) is 6.26. The van der Waals surface area contributed by atoms with Crippen molar-refractivity contribution in [3.05, 3.63) is 4.91 Å². The lowest BCUT2D eigenvalue weighted by Gasteiger charge is -2.00. The summed E-state index contributed by atoms with van der Waals surface area (Å²) in [5.41, 5.74) is 0. The highest BCUT2D eigenvalue weighted by Crippen LogP contribution is 2.05. The fourth-order valence-corrected chi connectivity index (χ4v) is 0.729. The van der Waals surface area contributed by atoms with Crippen molar-refractivity contribution in [2.24, 2.45) is 11.1 Å². The molecule has 0 spiro atoms. The quantitative estimate of drug-likeness (QED) is 0.414. The van der Waals surface area contributed by atoms with E-state index in [4.69, 9.17) is 0 Å². The monoisotopic (exact) mass is 129 g/mol. The first-order valence-electron chi connectivity index (χ1n) is 3.56. The van der Waals surface area contributed by atoms with Crippen LogP contribution < -0.4 is 0 Å². The molecule has 54 valence electrons. The highest BCUT2D eigenvalue weighted by Gasteiger charge is 1.92. The van der Waals surface area contributed by atoms with Crippen LogP contribution in [0, 0.1) is 10.8 Å². The number of hydrogen-bond acceptors (Lipinski definition) is 2. The number of unbranched alkanes of at least 4 members (excludes halogenated alkanes) is 1. The van der Waals surface area contributed by atoms with E-state index in [1.165, 1.54) is 6.42 Å². The largest absolute Gasteiger partial charge is 0.151 e. The van der Waals surface area contributed by atoms with Crippen LogP contribution in [0.2, 0.25) is 0 Å². The summed E-state index contributed by atoms with van der Waals surface area (Å²) in [6.07, 6.45) is 3.32.